The van der Waals surface area contributed by atoms with Crippen molar-refractivity contribution >= 4 is 0 Å². The SMILES string of the molecule is CC(C)OC(C)[C@]12CO[C@@H]([C@H](C)O1)[C@@H]2OC(C)C. The maximum atomic E-state index is 6.15. The number of ether oxygens (including phenoxy) is 4. The van der Waals surface area contributed by atoms with E-state index in [2.05, 4.69) is 6.92 Å². The lowest BCUT2D eigenvalue weighted by molar-refractivity contribution is -0.204. The molecule has 4 nitrogen and oxygen atoms in total. The summed E-state index contributed by atoms with van der Waals surface area (Å²) in [4.78, 5) is 0. The Bertz CT molecular complexity index is 292. The number of rotatable bonds is 5. The predicted octanol–water partition coefficient (Wildman–Crippen LogP) is 2.15. The fraction of sp³-hybridized carbons (Fsp3) is 1.00. The second kappa shape index (κ2) is 5.08. The van der Waals surface area contributed by atoms with Crippen LogP contribution in [0.4, 0.5) is 0 Å². The topological polar surface area (TPSA) is 36.9 Å². The Kier molecular flexibility index (Phi) is 4.02. The summed E-state index contributed by atoms with van der Waals surface area (Å²) in [6.45, 7) is 12.8. The van der Waals surface area contributed by atoms with Crippen molar-refractivity contribution in [3.63, 3.8) is 0 Å². The molecule has 0 saturated carbocycles. The minimum Gasteiger partial charge on any atom is -0.373 e. The molecule has 0 spiro atoms. The molecule has 0 aliphatic carbocycles. The molecule has 0 radical (unpaired) electrons. The zero-order valence-electron chi connectivity index (χ0n) is 12.3. The summed E-state index contributed by atoms with van der Waals surface area (Å²) in [6.07, 6.45) is 0.384. The summed E-state index contributed by atoms with van der Waals surface area (Å²) in [5.74, 6) is 0. The molecule has 106 valence electrons. The van der Waals surface area contributed by atoms with Crippen molar-refractivity contribution in [1.29, 1.82) is 0 Å². The van der Waals surface area contributed by atoms with Gasteiger partial charge in [-0.3, -0.25) is 0 Å². The normalized spacial score (nSPS) is 41.0. The Labute approximate surface area is 110 Å². The van der Waals surface area contributed by atoms with Gasteiger partial charge in [0.15, 0.2) is 0 Å². The van der Waals surface area contributed by atoms with Gasteiger partial charge in [0.2, 0.25) is 0 Å². The highest BCUT2D eigenvalue weighted by atomic mass is 16.7. The molecule has 1 unspecified atom stereocenters. The third-order valence-corrected chi connectivity index (χ3v) is 3.73. The summed E-state index contributed by atoms with van der Waals surface area (Å²) in [5, 5.41) is 0. The summed E-state index contributed by atoms with van der Waals surface area (Å²) in [6, 6.07) is 0. The Balaban J connectivity index is 2.17. The molecule has 0 aromatic rings. The molecule has 2 aliphatic heterocycles. The van der Waals surface area contributed by atoms with Crippen LogP contribution in [-0.2, 0) is 18.9 Å². The predicted molar refractivity (Wildman–Crippen MR) is 68.7 cm³/mol. The summed E-state index contributed by atoms with van der Waals surface area (Å²) in [7, 11) is 0. The van der Waals surface area contributed by atoms with Gasteiger partial charge in [0.25, 0.3) is 0 Å². The zero-order chi connectivity index (χ0) is 13.5. The van der Waals surface area contributed by atoms with Gasteiger partial charge in [-0.05, 0) is 41.5 Å². The molecular weight excluding hydrogens is 232 g/mol. The van der Waals surface area contributed by atoms with Crippen molar-refractivity contribution in [2.24, 2.45) is 0 Å². The van der Waals surface area contributed by atoms with Crippen LogP contribution in [0.1, 0.15) is 41.5 Å². The number of fused-ring (bicyclic) bond motifs is 2. The molecule has 2 bridgehead atoms. The average molecular weight is 258 g/mol. The van der Waals surface area contributed by atoms with Crippen LogP contribution in [0, 0.1) is 0 Å². The number of hydrogen-bond donors (Lipinski definition) is 0. The molecule has 0 amide bonds. The van der Waals surface area contributed by atoms with E-state index in [1.54, 1.807) is 0 Å². The Hall–Kier alpha value is -0.160. The van der Waals surface area contributed by atoms with Gasteiger partial charge in [0, 0.05) is 0 Å². The van der Waals surface area contributed by atoms with Crippen molar-refractivity contribution in [1.82, 2.24) is 0 Å². The van der Waals surface area contributed by atoms with Crippen molar-refractivity contribution in [3.8, 4) is 0 Å². The van der Waals surface area contributed by atoms with E-state index in [1.165, 1.54) is 0 Å². The Morgan fingerprint density at radius 2 is 1.78 bits per heavy atom. The van der Waals surface area contributed by atoms with Gasteiger partial charge in [-0.15, -0.1) is 0 Å². The maximum Gasteiger partial charge on any atom is 0.146 e. The van der Waals surface area contributed by atoms with E-state index in [-0.39, 0.29) is 36.6 Å². The van der Waals surface area contributed by atoms with E-state index in [0.29, 0.717) is 6.61 Å². The van der Waals surface area contributed by atoms with E-state index in [0.717, 1.165) is 0 Å². The van der Waals surface area contributed by atoms with Gasteiger partial charge in [-0.2, -0.15) is 0 Å². The van der Waals surface area contributed by atoms with E-state index in [9.17, 15) is 0 Å². The van der Waals surface area contributed by atoms with Gasteiger partial charge >= 0.3 is 0 Å². The van der Waals surface area contributed by atoms with E-state index in [1.807, 2.05) is 34.6 Å². The van der Waals surface area contributed by atoms with E-state index < -0.39 is 5.60 Å². The van der Waals surface area contributed by atoms with Gasteiger partial charge in [-0.1, -0.05) is 0 Å². The van der Waals surface area contributed by atoms with Crippen molar-refractivity contribution in [3.05, 3.63) is 0 Å². The quantitative estimate of drug-likeness (QED) is 0.757. The molecule has 0 N–H and O–H groups in total. The van der Waals surface area contributed by atoms with Crippen LogP contribution in [-0.4, -0.2) is 48.8 Å². The first-order valence-corrected chi connectivity index (χ1v) is 6.97. The van der Waals surface area contributed by atoms with Crippen molar-refractivity contribution in [2.75, 3.05) is 6.61 Å². The maximum absolute atomic E-state index is 6.15. The summed E-state index contributed by atoms with van der Waals surface area (Å²) >= 11 is 0. The Morgan fingerprint density at radius 3 is 2.28 bits per heavy atom. The smallest absolute Gasteiger partial charge is 0.146 e. The molecule has 4 heteroatoms. The van der Waals surface area contributed by atoms with E-state index in [4.69, 9.17) is 18.9 Å². The van der Waals surface area contributed by atoms with Crippen LogP contribution in [0.3, 0.4) is 0 Å². The fourth-order valence-electron chi connectivity index (χ4n) is 3.02. The lowest BCUT2D eigenvalue weighted by Crippen LogP contribution is -2.53. The van der Waals surface area contributed by atoms with E-state index >= 15 is 0 Å². The second-order valence-electron chi connectivity index (χ2n) is 5.99. The first-order chi connectivity index (χ1) is 8.36. The van der Waals surface area contributed by atoms with Crippen LogP contribution in [0.5, 0.6) is 0 Å². The highest BCUT2D eigenvalue weighted by molar-refractivity contribution is 5.11. The fourth-order valence-corrected chi connectivity index (χ4v) is 3.02. The minimum atomic E-state index is -0.446. The van der Waals surface area contributed by atoms with Crippen LogP contribution >= 0.6 is 0 Å². The molecule has 2 fully saturated rings. The largest absolute Gasteiger partial charge is 0.373 e. The van der Waals surface area contributed by atoms with Crippen molar-refractivity contribution in [2.45, 2.75) is 83.8 Å². The van der Waals surface area contributed by atoms with Crippen LogP contribution in [0.2, 0.25) is 0 Å². The zero-order valence-corrected chi connectivity index (χ0v) is 12.3. The van der Waals surface area contributed by atoms with Crippen LogP contribution < -0.4 is 0 Å². The molecule has 2 rings (SSSR count). The lowest BCUT2D eigenvalue weighted by Gasteiger charge is -2.37. The summed E-state index contributed by atoms with van der Waals surface area (Å²) in [5.41, 5.74) is -0.446. The molecule has 2 saturated heterocycles. The molecule has 18 heavy (non-hydrogen) atoms. The van der Waals surface area contributed by atoms with Crippen LogP contribution in [0.15, 0.2) is 0 Å². The molecule has 0 aromatic heterocycles. The van der Waals surface area contributed by atoms with Crippen molar-refractivity contribution < 1.29 is 18.9 Å². The van der Waals surface area contributed by atoms with Gasteiger partial charge in [0.05, 0.1) is 31.0 Å². The van der Waals surface area contributed by atoms with Gasteiger partial charge < -0.3 is 18.9 Å². The van der Waals surface area contributed by atoms with Crippen LogP contribution in [0.25, 0.3) is 0 Å². The molecular formula is C14H26O4. The van der Waals surface area contributed by atoms with Gasteiger partial charge in [0.1, 0.15) is 17.8 Å². The van der Waals surface area contributed by atoms with Gasteiger partial charge in [-0.25, -0.2) is 0 Å². The highest BCUT2D eigenvalue weighted by Gasteiger charge is 2.64. The highest BCUT2D eigenvalue weighted by Crippen LogP contribution is 2.45. The molecule has 0 aromatic carbocycles. The third-order valence-electron chi connectivity index (χ3n) is 3.73. The first-order valence-electron chi connectivity index (χ1n) is 6.97. The Morgan fingerprint density at radius 1 is 1.11 bits per heavy atom. The molecule has 2 heterocycles. The monoisotopic (exact) mass is 258 g/mol. The average Bonchev–Trinajstić information content (AvgIpc) is 2.69. The minimum absolute atomic E-state index is 0.0266. The summed E-state index contributed by atoms with van der Waals surface area (Å²) < 4.78 is 24.0. The number of hydrogen-bond acceptors (Lipinski definition) is 4. The second-order valence-corrected chi connectivity index (χ2v) is 5.99. The standard InChI is InChI=1S/C14H26O4/c1-8(2)16-11(6)14-7-15-12(10(5)18-14)13(14)17-9(3)4/h8-13H,7H2,1-6H3/t10-,11?,12-,13-,14-/m0/s1. The third kappa shape index (κ3) is 2.31. The lowest BCUT2D eigenvalue weighted by atomic mass is 9.92. The molecule has 5 atom stereocenters. The molecule has 2 aliphatic rings. The first kappa shape index (κ1) is 14.3.